The summed E-state index contributed by atoms with van der Waals surface area (Å²) in [4.78, 5) is 22.7. The highest BCUT2D eigenvalue weighted by Gasteiger charge is 2.08. The van der Waals surface area contributed by atoms with Gasteiger partial charge in [0.2, 0.25) is 5.95 Å². The third-order valence-corrected chi connectivity index (χ3v) is 2.35. The highest BCUT2D eigenvalue weighted by Crippen LogP contribution is 2.09. The van der Waals surface area contributed by atoms with Crippen LogP contribution in [0.15, 0.2) is 18.7 Å². The largest absolute Gasteiger partial charge is 0.478 e. The molecule has 2 aromatic heterocycles. The number of carboxylic acid groups (broad SMARTS) is 1. The minimum Gasteiger partial charge on any atom is -0.478 e. The molecule has 0 fully saturated rings. The van der Waals surface area contributed by atoms with Crippen molar-refractivity contribution in [1.29, 1.82) is 0 Å². The Balaban J connectivity index is 2.42. The number of hydrogen-bond donors (Lipinski definition) is 1. The van der Waals surface area contributed by atoms with Crippen LogP contribution in [0.25, 0.3) is 5.95 Å². The average molecular weight is 218 g/mol. The fourth-order valence-electron chi connectivity index (χ4n) is 1.26. The molecule has 0 atom stereocenters. The molecule has 0 aromatic carbocycles. The van der Waals surface area contributed by atoms with E-state index in [1.807, 2.05) is 13.8 Å². The smallest absolute Gasteiger partial charge is 0.338 e. The molecular formula is C10H10N4O2. The monoisotopic (exact) mass is 218 g/mol. The van der Waals surface area contributed by atoms with Crippen LogP contribution in [0.1, 0.15) is 21.7 Å². The second-order valence-electron chi connectivity index (χ2n) is 3.36. The zero-order chi connectivity index (χ0) is 11.7. The summed E-state index contributed by atoms with van der Waals surface area (Å²) < 4.78 is 1.71. The predicted octanol–water partition coefficient (Wildman–Crippen LogP) is 0.977. The summed E-state index contributed by atoms with van der Waals surface area (Å²) in [7, 11) is 0. The molecule has 82 valence electrons. The van der Waals surface area contributed by atoms with E-state index in [9.17, 15) is 4.79 Å². The van der Waals surface area contributed by atoms with Gasteiger partial charge in [-0.05, 0) is 13.8 Å². The molecule has 0 bridgehead atoms. The molecule has 6 heteroatoms. The van der Waals surface area contributed by atoms with Gasteiger partial charge in [-0.15, -0.1) is 0 Å². The van der Waals surface area contributed by atoms with Gasteiger partial charge in [-0.25, -0.2) is 19.7 Å². The van der Waals surface area contributed by atoms with Crippen molar-refractivity contribution in [3.63, 3.8) is 0 Å². The lowest BCUT2D eigenvalue weighted by Gasteiger charge is -2.02. The molecule has 2 rings (SSSR count). The third-order valence-electron chi connectivity index (χ3n) is 2.35. The summed E-state index contributed by atoms with van der Waals surface area (Å²) >= 11 is 0. The van der Waals surface area contributed by atoms with Gasteiger partial charge in [0.15, 0.2) is 0 Å². The molecule has 0 spiro atoms. The molecule has 0 saturated carbocycles. The molecule has 16 heavy (non-hydrogen) atoms. The molecule has 2 heterocycles. The zero-order valence-electron chi connectivity index (χ0n) is 8.88. The van der Waals surface area contributed by atoms with Crippen LogP contribution in [0.4, 0.5) is 0 Å². The molecule has 6 nitrogen and oxygen atoms in total. The Morgan fingerprint density at radius 3 is 2.31 bits per heavy atom. The van der Waals surface area contributed by atoms with E-state index < -0.39 is 5.97 Å². The Labute approximate surface area is 91.6 Å². The summed E-state index contributed by atoms with van der Waals surface area (Å²) in [5, 5.41) is 8.71. The summed E-state index contributed by atoms with van der Waals surface area (Å²) in [6.45, 7) is 3.79. The maximum absolute atomic E-state index is 10.6. The highest BCUT2D eigenvalue weighted by molar-refractivity contribution is 5.86. The summed E-state index contributed by atoms with van der Waals surface area (Å²) in [5.74, 6) is -0.617. The lowest BCUT2D eigenvalue weighted by atomic mass is 10.3. The van der Waals surface area contributed by atoms with E-state index in [-0.39, 0.29) is 5.56 Å². The lowest BCUT2D eigenvalue weighted by Crippen LogP contribution is -2.05. The number of aromatic nitrogens is 4. The molecule has 0 saturated heterocycles. The van der Waals surface area contributed by atoms with Gasteiger partial charge in [-0.3, -0.25) is 4.57 Å². The van der Waals surface area contributed by atoms with Crippen LogP contribution in [0.3, 0.4) is 0 Å². The fourth-order valence-corrected chi connectivity index (χ4v) is 1.26. The van der Waals surface area contributed by atoms with Crippen LogP contribution in [-0.4, -0.2) is 30.6 Å². The molecule has 0 aliphatic rings. The van der Waals surface area contributed by atoms with Crippen LogP contribution in [0.2, 0.25) is 0 Å². The van der Waals surface area contributed by atoms with E-state index >= 15 is 0 Å². The van der Waals surface area contributed by atoms with E-state index in [1.54, 1.807) is 10.9 Å². The van der Waals surface area contributed by atoms with Crippen molar-refractivity contribution in [2.24, 2.45) is 0 Å². The normalized spacial score (nSPS) is 10.4. The Kier molecular flexibility index (Phi) is 2.40. The summed E-state index contributed by atoms with van der Waals surface area (Å²) in [5.41, 5.74) is 1.90. The van der Waals surface area contributed by atoms with Gasteiger partial charge in [0.25, 0.3) is 0 Å². The SMILES string of the molecule is Cc1ncn(-c2ncc(C(=O)O)cn2)c1C. The standard InChI is InChI=1S/C10H10N4O2/c1-6-7(2)14(5-13-6)10-11-3-8(4-12-10)9(15)16/h3-5H,1-2H3,(H,15,16). The van der Waals surface area contributed by atoms with Gasteiger partial charge >= 0.3 is 5.97 Å². The first-order chi connectivity index (χ1) is 7.59. The zero-order valence-corrected chi connectivity index (χ0v) is 8.88. The minimum absolute atomic E-state index is 0.0678. The van der Waals surface area contributed by atoms with Crippen LogP contribution in [0.5, 0.6) is 0 Å². The summed E-state index contributed by atoms with van der Waals surface area (Å²) in [6.07, 6.45) is 4.17. The first kappa shape index (κ1) is 10.3. The van der Waals surface area contributed by atoms with E-state index in [0.717, 1.165) is 11.4 Å². The topological polar surface area (TPSA) is 80.9 Å². The number of aromatic carboxylic acids is 1. The Hall–Kier alpha value is -2.24. The van der Waals surface area contributed by atoms with Crippen LogP contribution in [0, 0.1) is 13.8 Å². The third kappa shape index (κ3) is 1.65. The van der Waals surface area contributed by atoms with Crippen molar-refractivity contribution >= 4 is 5.97 Å². The first-order valence-electron chi connectivity index (χ1n) is 4.66. The van der Waals surface area contributed by atoms with Gasteiger partial charge in [0, 0.05) is 18.1 Å². The number of carboxylic acids is 1. The Morgan fingerprint density at radius 1 is 1.25 bits per heavy atom. The van der Waals surface area contributed by atoms with Crippen LogP contribution < -0.4 is 0 Å². The molecule has 0 unspecified atom stereocenters. The predicted molar refractivity (Wildman–Crippen MR) is 55.6 cm³/mol. The maximum Gasteiger partial charge on any atom is 0.338 e. The van der Waals surface area contributed by atoms with Crippen LogP contribution in [-0.2, 0) is 0 Å². The van der Waals surface area contributed by atoms with Gasteiger partial charge in [0.1, 0.15) is 6.33 Å². The Morgan fingerprint density at radius 2 is 1.88 bits per heavy atom. The van der Waals surface area contributed by atoms with Gasteiger partial charge < -0.3 is 5.11 Å². The summed E-state index contributed by atoms with van der Waals surface area (Å²) in [6, 6.07) is 0. The van der Waals surface area contributed by atoms with Crippen molar-refractivity contribution in [3.05, 3.63) is 35.7 Å². The van der Waals surface area contributed by atoms with E-state index in [0.29, 0.717) is 5.95 Å². The molecule has 2 aromatic rings. The average Bonchev–Trinajstić information content (AvgIpc) is 2.60. The first-order valence-corrected chi connectivity index (χ1v) is 4.66. The van der Waals surface area contributed by atoms with E-state index in [1.165, 1.54) is 12.4 Å². The van der Waals surface area contributed by atoms with Crippen molar-refractivity contribution < 1.29 is 9.90 Å². The van der Waals surface area contributed by atoms with Crippen molar-refractivity contribution in [3.8, 4) is 5.95 Å². The molecule has 0 aliphatic heterocycles. The quantitative estimate of drug-likeness (QED) is 0.812. The number of imidazole rings is 1. The van der Waals surface area contributed by atoms with Crippen molar-refractivity contribution in [1.82, 2.24) is 19.5 Å². The molecule has 0 aliphatic carbocycles. The number of hydrogen-bond acceptors (Lipinski definition) is 4. The molecule has 0 amide bonds. The van der Waals surface area contributed by atoms with Crippen LogP contribution >= 0.6 is 0 Å². The second-order valence-corrected chi connectivity index (χ2v) is 3.36. The minimum atomic E-state index is -1.04. The van der Waals surface area contributed by atoms with Gasteiger partial charge in [-0.2, -0.15) is 0 Å². The van der Waals surface area contributed by atoms with Crippen molar-refractivity contribution in [2.45, 2.75) is 13.8 Å². The van der Waals surface area contributed by atoms with E-state index in [2.05, 4.69) is 15.0 Å². The number of rotatable bonds is 2. The molecular weight excluding hydrogens is 208 g/mol. The fraction of sp³-hybridized carbons (Fsp3) is 0.200. The maximum atomic E-state index is 10.6. The molecule has 1 N–H and O–H groups in total. The van der Waals surface area contributed by atoms with Gasteiger partial charge in [-0.1, -0.05) is 0 Å². The number of aryl methyl sites for hydroxylation is 1. The van der Waals surface area contributed by atoms with Gasteiger partial charge in [0.05, 0.1) is 11.3 Å². The number of nitrogens with zero attached hydrogens (tertiary/aromatic N) is 4. The van der Waals surface area contributed by atoms with Crippen molar-refractivity contribution in [2.75, 3.05) is 0 Å². The molecule has 0 radical (unpaired) electrons. The number of carbonyl (C=O) groups is 1. The Bertz CT molecular complexity index is 530. The second kappa shape index (κ2) is 3.73. The highest BCUT2D eigenvalue weighted by atomic mass is 16.4. The lowest BCUT2D eigenvalue weighted by molar-refractivity contribution is 0.0696. The van der Waals surface area contributed by atoms with E-state index in [4.69, 9.17) is 5.11 Å².